The third-order valence-electron chi connectivity index (χ3n) is 4.49. The zero-order valence-corrected chi connectivity index (χ0v) is 17.8. The van der Waals surface area contributed by atoms with E-state index in [2.05, 4.69) is 15.0 Å². The Morgan fingerprint density at radius 3 is 1.38 bits per heavy atom. The van der Waals surface area contributed by atoms with Gasteiger partial charge in [-0.1, -0.05) is 0 Å². The summed E-state index contributed by atoms with van der Waals surface area (Å²) in [5.41, 5.74) is -11.3. The lowest BCUT2D eigenvalue weighted by Gasteiger charge is -2.06. The molecule has 25 nitrogen and oxygen atoms in total. The number of nitro benzene ring substituents is 6. The summed E-state index contributed by atoms with van der Waals surface area (Å²) < 4.78 is 4.97. The van der Waals surface area contributed by atoms with E-state index >= 15 is 0 Å². The van der Waals surface area contributed by atoms with Gasteiger partial charge in [0.05, 0.1) is 47.7 Å². The van der Waals surface area contributed by atoms with E-state index in [4.69, 9.17) is 4.42 Å². The van der Waals surface area contributed by atoms with Crippen LogP contribution in [0, 0.1) is 70.8 Å². The molecule has 0 N–H and O–H groups in total. The first-order valence-corrected chi connectivity index (χ1v) is 9.07. The van der Waals surface area contributed by atoms with Crippen LogP contribution in [0.1, 0.15) is 0 Å². The minimum Gasteiger partial charge on any atom is -0.415 e. The molecule has 39 heavy (non-hydrogen) atoms. The highest BCUT2D eigenvalue weighted by Crippen LogP contribution is 2.50. The molecule has 0 unspecified atom stereocenters. The number of benzene rings is 2. The molecule has 0 aliphatic carbocycles. The monoisotopic (exact) mass is 553 g/mol. The first kappa shape index (κ1) is 26.8. The van der Waals surface area contributed by atoms with Gasteiger partial charge in [-0.15, -0.1) is 20.3 Å². The van der Waals surface area contributed by atoms with Crippen LogP contribution in [-0.4, -0.2) is 44.8 Å². The van der Waals surface area contributed by atoms with Crippen molar-refractivity contribution in [3.63, 3.8) is 0 Å². The number of aromatic nitrogens is 2. The molecule has 3 aromatic rings. The predicted octanol–water partition coefficient (Wildman–Crippen LogP) is 2.42. The van der Waals surface area contributed by atoms with Crippen LogP contribution >= 0.6 is 0 Å². The van der Waals surface area contributed by atoms with Crippen LogP contribution < -0.4 is 4.84 Å². The largest absolute Gasteiger partial charge is 0.415 e. The van der Waals surface area contributed by atoms with Crippen molar-refractivity contribution in [3.05, 3.63) is 89.0 Å². The zero-order chi connectivity index (χ0) is 29.3. The van der Waals surface area contributed by atoms with Crippen molar-refractivity contribution in [2.75, 3.05) is 0 Å². The maximum absolute atomic E-state index is 11.7. The number of nitrogens with zero attached hydrogens (tertiary/aromatic N) is 9. The van der Waals surface area contributed by atoms with Crippen LogP contribution in [0.5, 0.6) is 5.75 Å². The molecular weight excluding hydrogens is 550 g/mol. The van der Waals surface area contributed by atoms with Crippen LogP contribution in [0.15, 0.2) is 22.6 Å². The Labute approximate surface area is 206 Å². The van der Waals surface area contributed by atoms with Gasteiger partial charge in [0.1, 0.15) is 0 Å². The first-order chi connectivity index (χ1) is 18.1. The van der Waals surface area contributed by atoms with Gasteiger partial charge >= 0.3 is 11.4 Å². The van der Waals surface area contributed by atoms with E-state index in [1.807, 2.05) is 0 Å². The molecule has 0 radical (unpaired) electrons. The van der Waals surface area contributed by atoms with E-state index in [0.29, 0.717) is 0 Å². The normalized spacial score (nSPS) is 10.5. The molecule has 0 amide bonds. The fraction of sp³-hybridized carbons (Fsp3) is 0. The third kappa shape index (κ3) is 4.82. The summed E-state index contributed by atoms with van der Waals surface area (Å²) >= 11 is 0. The lowest BCUT2D eigenvalue weighted by molar-refractivity contribution is -0.712. The minimum absolute atomic E-state index is 0.0157. The molecule has 3 rings (SSSR count). The smallest absolute Gasteiger partial charge is 0.326 e. The second-order valence-electron chi connectivity index (χ2n) is 6.60. The summed E-state index contributed by atoms with van der Waals surface area (Å²) in [6.07, 6.45) is 0. The van der Waals surface area contributed by atoms with Crippen LogP contribution in [0.2, 0.25) is 0 Å². The van der Waals surface area contributed by atoms with Crippen molar-refractivity contribution in [3.8, 4) is 28.7 Å². The molecule has 0 saturated carbocycles. The molecule has 200 valence electrons. The van der Waals surface area contributed by atoms with E-state index in [9.17, 15) is 70.8 Å². The van der Waals surface area contributed by atoms with Gasteiger partial charge in [-0.05, 0) is 0 Å². The maximum atomic E-state index is 11.7. The number of rotatable bonds is 10. The van der Waals surface area contributed by atoms with Gasteiger partial charge in [-0.25, -0.2) is 0 Å². The SMILES string of the molecule is O=[N+]([O-])Oc1c([N+](=O)[O-])cc([N+](=O)[O-])c(-c2nnc(-c3c([N+](=O)[O-])cc([N+](=O)[O-])cc3[N+](=O)[O-])o2)c1[N+](=O)[O-]. The lowest BCUT2D eigenvalue weighted by Crippen LogP contribution is -2.10. The molecule has 0 saturated heterocycles. The van der Waals surface area contributed by atoms with Gasteiger partial charge in [0.2, 0.25) is 0 Å². The van der Waals surface area contributed by atoms with Crippen molar-refractivity contribution in [2.24, 2.45) is 0 Å². The second kappa shape index (κ2) is 9.67. The van der Waals surface area contributed by atoms with Crippen molar-refractivity contribution in [1.82, 2.24) is 10.2 Å². The van der Waals surface area contributed by atoms with Crippen molar-refractivity contribution >= 4 is 34.1 Å². The molecule has 0 bridgehead atoms. The fourth-order valence-corrected chi connectivity index (χ4v) is 3.09. The van der Waals surface area contributed by atoms with Gasteiger partial charge < -0.3 is 4.42 Å². The van der Waals surface area contributed by atoms with Crippen LogP contribution in [-0.2, 0) is 0 Å². The Bertz CT molecular complexity index is 1610. The highest BCUT2D eigenvalue weighted by Gasteiger charge is 2.43. The van der Waals surface area contributed by atoms with Gasteiger partial charge in [0, 0.05) is 0 Å². The Hall–Kier alpha value is -6.82. The van der Waals surface area contributed by atoms with Crippen LogP contribution in [0.3, 0.4) is 0 Å². The number of nitro groups is 6. The Morgan fingerprint density at radius 2 is 1.00 bits per heavy atom. The van der Waals surface area contributed by atoms with Gasteiger partial charge in [-0.3, -0.25) is 65.5 Å². The van der Waals surface area contributed by atoms with Gasteiger partial charge in [-0.2, -0.15) is 0 Å². The molecule has 1 aromatic heterocycles. The highest BCUT2D eigenvalue weighted by atomic mass is 17.0. The first-order valence-electron chi connectivity index (χ1n) is 9.07. The molecule has 0 spiro atoms. The Balaban J connectivity index is 2.46. The van der Waals surface area contributed by atoms with Crippen molar-refractivity contribution in [2.45, 2.75) is 0 Å². The highest BCUT2D eigenvalue weighted by molar-refractivity contribution is 5.86. The zero-order valence-electron chi connectivity index (χ0n) is 17.8. The summed E-state index contributed by atoms with van der Waals surface area (Å²) in [5.74, 6) is -4.26. The summed E-state index contributed by atoms with van der Waals surface area (Å²) in [6.45, 7) is 0. The Morgan fingerprint density at radius 1 is 0.564 bits per heavy atom. The number of hydrogen-bond donors (Lipinski definition) is 0. The van der Waals surface area contributed by atoms with E-state index in [1.54, 1.807) is 0 Å². The van der Waals surface area contributed by atoms with E-state index in [1.165, 1.54) is 0 Å². The number of hydrogen-bond acceptors (Lipinski definition) is 18. The summed E-state index contributed by atoms with van der Waals surface area (Å²) in [7, 11) is 0. The predicted molar refractivity (Wildman–Crippen MR) is 113 cm³/mol. The average Bonchev–Trinajstić information content (AvgIpc) is 3.31. The fourth-order valence-electron chi connectivity index (χ4n) is 3.09. The Kier molecular flexibility index (Phi) is 6.64. The third-order valence-corrected chi connectivity index (χ3v) is 4.49. The van der Waals surface area contributed by atoms with Crippen molar-refractivity contribution in [1.29, 1.82) is 0 Å². The van der Waals surface area contributed by atoms with E-state index in [0.717, 1.165) is 0 Å². The van der Waals surface area contributed by atoms with E-state index < -0.39 is 97.4 Å². The topological polar surface area (TPSA) is 350 Å². The molecular formula is C14H3N9O16. The van der Waals surface area contributed by atoms with Gasteiger partial charge in [0.15, 0.2) is 11.1 Å². The average molecular weight is 553 g/mol. The lowest BCUT2D eigenvalue weighted by atomic mass is 10.1. The standard InChI is InChI=1S/C14H3N9O16/c24-17(25)4-1-5(18(26)27)9(6(2-4)19(28)29)13-15-16-14(38-13)10-7(20(30)31)3-8(21(32)33)12(39-23(36)37)11(10)22(34)35/h1-3H. The maximum Gasteiger partial charge on any atom is 0.326 e. The number of non-ortho nitro benzene ring substituents is 1. The molecule has 25 heteroatoms. The van der Waals surface area contributed by atoms with Crippen LogP contribution in [0.4, 0.5) is 34.1 Å². The second-order valence-corrected chi connectivity index (χ2v) is 6.60. The summed E-state index contributed by atoms with van der Waals surface area (Å²) in [6, 6.07) is 0.555. The summed E-state index contributed by atoms with van der Waals surface area (Å²) in [4.78, 5) is 75.1. The van der Waals surface area contributed by atoms with Crippen LogP contribution in [0.25, 0.3) is 22.9 Å². The molecule has 0 aliphatic rings. The minimum atomic E-state index is -1.80. The molecule has 1 heterocycles. The molecule has 0 atom stereocenters. The molecule has 0 aliphatic heterocycles. The molecule has 0 fully saturated rings. The van der Waals surface area contributed by atoms with Crippen molar-refractivity contribution < 1.29 is 43.9 Å². The van der Waals surface area contributed by atoms with Gasteiger partial charge in [0.25, 0.3) is 45.4 Å². The summed E-state index contributed by atoms with van der Waals surface area (Å²) in [5, 5.41) is 84.2. The molecule has 2 aromatic carbocycles. The van der Waals surface area contributed by atoms with E-state index in [-0.39, 0.29) is 18.2 Å². The quantitative estimate of drug-likeness (QED) is 0.257.